The van der Waals surface area contributed by atoms with Gasteiger partial charge in [0, 0.05) is 18.4 Å². The summed E-state index contributed by atoms with van der Waals surface area (Å²) in [5.74, 6) is -0.292. The Morgan fingerprint density at radius 1 is 1.20 bits per heavy atom. The molecule has 82 valence electrons. The predicted molar refractivity (Wildman–Crippen MR) is 55.1 cm³/mol. The molecule has 3 heteroatoms. The Kier molecular flexibility index (Phi) is 3.34. The van der Waals surface area contributed by atoms with Gasteiger partial charge in [-0.25, -0.2) is 4.39 Å². The quantitative estimate of drug-likeness (QED) is 0.802. The SMILES string of the molecule is OCC1C(F)C1COCc1ccccc1. The molecule has 2 nitrogen and oxygen atoms in total. The third-order valence-corrected chi connectivity index (χ3v) is 2.86. The van der Waals surface area contributed by atoms with Crippen molar-refractivity contribution in [3.63, 3.8) is 0 Å². The Bertz CT molecular complexity index is 302. The van der Waals surface area contributed by atoms with Crippen LogP contribution in [0.2, 0.25) is 0 Å². The van der Waals surface area contributed by atoms with Crippen LogP contribution in [0.3, 0.4) is 0 Å². The summed E-state index contributed by atoms with van der Waals surface area (Å²) >= 11 is 0. The van der Waals surface area contributed by atoms with Gasteiger partial charge in [-0.3, -0.25) is 0 Å². The molecule has 2 rings (SSSR count). The molecule has 1 N–H and O–H groups in total. The second-order valence-corrected chi connectivity index (χ2v) is 3.96. The fourth-order valence-electron chi connectivity index (χ4n) is 1.74. The summed E-state index contributed by atoms with van der Waals surface area (Å²) in [5, 5.41) is 8.77. The fraction of sp³-hybridized carbons (Fsp3) is 0.500. The van der Waals surface area contributed by atoms with Crippen LogP contribution in [0.4, 0.5) is 4.39 Å². The van der Waals surface area contributed by atoms with Crippen LogP contribution in [0, 0.1) is 11.8 Å². The van der Waals surface area contributed by atoms with Gasteiger partial charge >= 0.3 is 0 Å². The Morgan fingerprint density at radius 2 is 1.93 bits per heavy atom. The van der Waals surface area contributed by atoms with E-state index in [1.54, 1.807) is 0 Å². The number of aliphatic hydroxyl groups excluding tert-OH is 1. The van der Waals surface area contributed by atoms with E-state index in [1.807, 2.05) is 30.3 Å². The van der Waals surface area contributed by atoms with Gasteiger partial charge in [-0.2, -0.15) is 0 Å². The number of alkyl halides is 1. The Morgan fingerprint density at radius 3 is 2.53 bits per heavy atom. The Labute approximate surface area is 88.7 Å². The van der Waals surface area contributed by atoms with Gasteiger partial charge in [-0.05, 0) is 5.56 Å². The van der Waals surface area contributed by atoms with Crippen LogP contribution in [0.15, 0.2) is 30.3 Å². The number of rotatable bonds is 5. The lowest BCUT2D eigenvalue weighted by Gasteiger charge is -2.02. The van der Waals surface area contributed by atoms with E-state index in [-0.39, 0.29) is 18.4 Å². The van der Waals surface area contributed by atoms with Crippen LogP contribution in [-0.2, 0) is 11.3 Å². The average molecular weight is 210 g/mol. The zero-order valence-corrected chi connectivity index (χ0v) is 8.47. The second kappa shape index (κ2) is 4.73. The van der Waals surface area contributed by atoms with E-state index in [0.29, 0.717) is 13.2 Å². The van der Waals surface area contributed by atoms with Crippen molar-refractivity contribution >= 4 is 0 Å². The van der Waals surface area contributed by atoms with E-state index in [1.165, 1.54) is 0 Å². The zero-order chi connectivity index (χ0) is 10.7. The molecule has 0 aliphatic heterocycles. The first-order chi connectivity index (χ1) is 7.33. The summed E-state index contributed by atoms with van der Waals surface area (Å²) in [6.45, 7) is 0.851. The van der Waals surface area contributed by atoms with Gasteiger partial charge in [0.2, 0.25) is 0 Å². The van der Waals surface area contributed by atoms with Gasteiger partial charge in [0.05, 0.1) is 13.2 Å². The highest BCUT2D eigenvalue weighted by molar-refractivity contribution is 5.13. The highest BCUT2D eigenvalue weighted by atomic mass is 19.1. The van der Waals surface area contributed by atoms with E-state index in [0.717, 1.165) is 5.56 Å². The molecule has 1 aliphatic carbocycles. The maximum atomic E-state index is 12.9. The number of halogens is 1. The molecule has 3 unspecified atom stereocenters. The van der Waals surface area contributed by atoms with Crippen molar-refractivity contribution in [2.45, 2.75) is 12.8 Å². The van der Waals surface area contributed by atoms with Crippen LogP contribution in [0.5, 0.6) is 0 Å². The van der Waals surface area contributed by atoms with Gasteiger partial charge in [-0.1, -0.05) is 30.3 Å². The highest BCUT2D eigenvalue weighted by Gasteiger charge is 2.50. The topological polar surface area (TPSA) is 29.5 Å². The standard InChI is InChI=1S/C12H15FO2/c13-12-10(6-14)11(12)8-15-7-9-4-2-1-3-5-9/h1-5,10-12,14H,6-8H2. The van der Waals surface area contributed by atoms with E-state index < -0.39 is 6.17 Å². The number of hydrogen-bond donors (Lipinski definition) is 1. The van der Waals surface area contributed by atoms with Gasteiger partial charge < -0.3 is 9.84 Å². The summed E-state index contributed by atoms with van der Waals surface area (Å²) in [6, 6.07) is 9.80. The van der Waals surface area contributed by atoms with E-state index >= 15 is 0 Å². The summed E-state index contributed by atoms with van der Waals surface area (Å²) in [4.78, 5) is 0. The van der Waals surface area contributed by atoms with Gasteiger partial charge in [0.15, 0.2) is 0 Å². The molecular formula is C12H15FO2. The van der Waals surface area contributed by atoms with Crippen molar-refractivity contribution < 1.29 is 14.2 Å². The van der Waals surface area contributed by atoms with Gasteiger partial charge in [0.1, 0.15) is 6.17 Å². The molecule has 1 aromatic rings. The maximum absolute atomic E-state index is 12.9. The molecule has 0 aromatic heterocycles. The van der Waals surface area contributed by atoms with E-state index in [4.69, 9.17) is 9.84 Å². The first-order valence-electron chi connectivity index (χ1n) is 5.19. The van der Waals surface area contributed by atoms with Gasteiger partial charge in [0.25, 0.3) is 0 Å². The maximum Gasteiger partial charge on any atom is 0.111 e. The molecule has 0 bridgehead atoms. The summed E-state index contributed by atoms with van der Waals surface area (Å²) in [6.07, 6.45) is -0.870. The predicted octanol–water partition coefficient (Wildman–Crippen LogP) is 1.78. The zero-order valence-electron chi connectivity index (χ0n) is 8.47. The second-order valence-electron chi connectivity index (χ2n) is 3.96. The smallest absolute Gasteiger partial charge is 0.111 e. The average Bonchev–Trinajstić information content (AvgIpc) is 2.90. The molecule has 15 heavy (non-hydrogen) atoms. The van der Waals surface area contributed by atoms with Crippen LogP contribution in [-0.4, -0.2) is 24.5 Å². The van der Waals surface area contributed by atoms with Crippen LogP contribution in [0.1, 0.15) is 5.56 Å². The largest absolute Gasteiger partial charge is 0.396 e. The molecule has 0 saturated heterocycles. The minimum atomic E-state index is -0.870. The van der Waals surface area contributed by atoms with Crippen molar-refractivity contribution in [3.8, 4) is 0 Å². The van der Waals surface area contributed by atoms with E-state index in [9.17, 15) is 4.39 Å². The minimum absolute atomic E-state index is 0.0689. The third kappa shape index (κ3) is 2.55. The molecule has 3 atom stereocenters. The Hall–Kier alpha value is -0.930. The summed E-state index contributed by atoms with van der Waals surface area (Å²) in [5.41, 5.74) is 1.09. The molecule has 0 spiro atoms. The molecule has 1 aromatic carbocycles. The van der Waals surface area contributed by atoms with Crippen molar-refractivity contribution in [1.82, 2.24) is 0 Å². The molecule has 1 saturated carbocycles. The van der Waals surface area contributed by atoms with Crippen molar-refractivity contribution in [2.24, 2.45) is 11.8 Å². The number of aliphatic hydroxyl groups is 1. The first-order valence-corrected chi connectivity index (χ1v) is 5.19. The normalized spacial score (nSPS) is 29.1. The highest BCUT2D eigenvalue weighted by Crippen LogP contribution is 2.41. The number of benzene rings is 1. The number of hydrogen-bond acceptors (Lipinski definition) is 2. The molecule has 0 heterocycles. The Balaban J connectivity index is 1.68. The summed E-state index contributed by atoms with van der Waals surface area (Å²) in [7, 11) is 0. The van der Waals surface area contributed by atoms with Crippen LogP contribution < -0.4 is 0 Å². The van der Waals surface area contributed by atoms with Crippen molar-refractivity contribution in [3.05, 3.63) is 35.9 Å². The van der Waals surface area contributed by atoms with Crippen molar-refractivity contribution in [1.29, 1.82) is 0 Å². The van der Waals surface area contributed by atoms with Gasteiger partial charge in [-0.15, -0.1) is 0 Å². The first kappa shape index (κ1) is 10.6. The van der Waals surface area contributed by atoms with Crippen molar-refractivity contribution in [2.75, 3.05) is 13.2 Å². The lowest BCUT2D eigenvalue weighted by Crippen LogP contribution is -2.00. The monoisotopic (exact) mass is 210 g/mol. The molecular weight excluding hydrogens is 195 g/mol. The fourth-order valence-corrected chi connectivity index (χ4v) is 1.74. The lowest BCUT2D eigenvalue weighted by atomic mass is 10.2. The third-order valence-electron chi connectivity index (χ3n) is 2.86. The lowest BCUT2D eigenvalue weighted by molar-refractivity contribution is 0.101. The van der Waals surface area contributed by atoms with Crippen LogP contribution in [0.25, 0.3) is 0 Å². The molecule has 1 fully saturated rings. The molecule has 1 aliphatic rings. The summed E-state index contributed by atoms with van der Waals surface area (Å²) < 4.78 is 18.3. The number of ether oxygens (including phenoxy) is 1. The molecule has 0 amide bonds. The van der Waals surface area contributed by atoms with E-state index in [2.05, 4.69) is 0 Å². The molecule has 0 radical (unpaired) electrons. The van der Waals surface area contributed by atoms with Crippen LogP contribution >= 0.6 is 0 Å². The minimum Gasteiger partial charge on any atom is -0.396 e.